The molecular formula is C23H26N6O3S. The van der Waals surface area contributed by atoms with Gasteiger partial charge in [0.25, 0.3) is 0 Å². The second-order valence-electron chi connectivity index (χ2n) is 8.03. The molecule has 9 nitrogen and oxygen atoms in total. The fourth-order valence-corrected chi connectivity index (χ4v) is 5.14. The van der Waals surface area contributed by atoms with E-state index < -0.39 is 6.29 Å². The van der Waals surface area contributed by atoms with E-state index in [0.717, 1.165) is 50.2 Å². The number of thiophene rings is 1. The second-order valence-corrected chi connectivity index (χ2v) is 9.17. The number of hydrogen-bond donors (Lipinski definition) is 2. The van der Waals surface area contributed by atoms with Gasteiger partial charge in [-0.05, 0) is 24.8 Å². The van der Waals surface area contributed by atoms with Crippen molar-refractivity contribution < 1.29 is 15.1 Å². The van der Waals surface area contributed by atoms with Crippen LogP contribution in [0.3, 0.4) is 0 Å². The predicted octanol–water partition coefficient (Wildman–Crippen LogP) is 2.69. The number of aromatic nitrogens is 2. The van der Waals surface area contributed by atoms with Gasteiger partial charge in [-0.15, -0.1) is 11.3 Å². The third-order valence-corrected chi connectivity index (χ3v) is 6.80. The maximum atomic E-state index is 10.1. The first-order valence-electron chi connectivity index (χ1n) is 10.8. The lowest BCUT2D eigenvalue weighted by molar-refractivity contribution is -0.125. The highest BCUT2D eigenvalue weighted by molar-refractivity contribution is 7.19. The lowest BCUT2D eigenvalue weighted by Gasteiger charge is -2.30. The summed E-state index contributed by atoms with van der Waals surface area (Å²) in [5.74, 6) is 1.58. The average molecular weight is 467 g/mol. The van der Waals surface area contributed by atoms with Crippen molar-refractivity contribution in [1.82, 2.24) is 19.9 Å². The van der Waals surface area contributed by atoms with Gasteiger partial charge in [0.1, 0.15) is 0 Å². The molecule has 0 bridgehead atoms. The van der Waals surface area contributed by atoms with Gasteiger partial charge in [-0.2, -0.15) is 0 Å². The number of anilines is 1. The third kappa shape index (κ3) is 4.61. The van der Waals surface area contributed by atoms with E-state index in [1.165, 1.54) is 0 Å². The van der Waals surface area contributed by atoms with Gasteiger partial charge in [-0.25, -0.2) is 15.0 Å². The van der Waals surface area contributed by atoms with Crippen molar-refractivity contribution in [2.45, 2.75) is 19.4 Å². The molecule has 1 fully saturated rings. The van der Waals surface area contributed by atoms with Crippen LogP contribution in [0.15, 0.2) is 47.6 Å². The van der Waals surface area contributed by atoms with Gasteiger partial charge in [0.05, 0.1) is 30.0 Å². The Bertz CT molecular complexity index is 1170. The number of aliphatic hydroxyl groups is 1. The van der Waals surface area contributed by atoms with Crippen molar-refractivity contribution in [3.05, 3.63) is 53.0 Å². The number of hydroxylamine groups is 2. The first-order chi connectivity index (χ1) is 16.1. The summed E-state index contributed by atoms with van der Waals surface area (Å²) in [6, 6.07) is 9.77. The van der Waals surface area contributed by atoms with Crippen molar-refractivity contribution >= 4 is 33.6 Å². The SMILES string of the molecule is CN(Cc1cc2nc(-c3ccc(CO)cc3)nc(N3CCOCC3)c2s1)C1N=CC=CN1O. The number of benzene rings is 1. The van der Waals surface area contributed by atoms with Crippen LogP contribution in [0.1, 0.15) is 10.4 Å². The van der Waals surface area contributed by atoms with Crippen LogP contribution in [0.25, 0.3) is 21.6 Å². The summed E-state index contributed by atoms with van der Waals surface area (Å²) < 4.78 is 6.59. The zero-order valence-electron chi connectivity index (χ0n) is 18.3. The summed E-state index contributed by atoms with van der Waals surface area (Å²) in [7, 11) is 1.93. The lowest BCUT2D eigenvalue weighted by atomic mass is 10.1. The number of aliphatic imine (C=N–C) groups is 1. The Balaban J connectivity index is 1.51. The van der Waals surface area contributed by atoms with E-state index in [4.69, 9.17) is 14.7 Å². The molecule has 2 aliphatic rings. The van der Waals surface area contributed by atoms with Crippen molar-refractivity contribution in [1.29, 1.82) is 0 Å². The molecule has 1 saturated heterocycles. The van der Waals surface area contributed by atoms with E-state index >= 15 is 0 Å². The summed E-state index contributed by atoms with van der Waals surface area (Å²) in [5.41, 5.74) is 2.66. The zero-order chi connectivity index (χ0) is 22.8. The van der Waals surface area contributed by atoms with E-state index in [0.29, 0.717) is 25.6 Å². The molecule has 1 aromatic carbocycles. The van der Waals surface area contributed by atoms with Crippen LogP contribution in [0, 0.1) is 0 Å². The Morgan fingerprint density at radius 2 is 1.97 bits per heavy atom. The van der Waals surface area contributed by atoms with Crippen LogP contribution in [-0.2, 0) is 17.9 Å². The van der Waals surface area contributed by atoms with E-state index in [2.05, 4.69) is 16.0 Å². The maximum Gasteiger partial charge on any atom is 0.201 e. The van der Waals surface area contributed by atoms with Crippen molar-refractivity contribution in [2.24, 2.45) is 4.99 Å². The van der Waals surface area contributed by atoms with Crippen LogP contribution in [0.2, 0.25) is 0 Å². The standard InChI is InChI=1S/C23H26N6O3S/c1-27(23-24-7-2-8-29(23)31)14-18-13-19-20(33-18)22(28-9-11-32-12-10-28)26-21(25-19)17-5-3-16(15-30)4-6-17/h2-8,13,23,30-31H,9-12,14-15H2,1H3. The van der Waals surface area contributed by atoms with Crippen molar-refractivity contribution in [2.75, 3.05) is 38.3 Å². The number of nitrogens with zero attached hydrogens (tertiary/aromatic N) is 6. The molecule has 0 saturated carbocycles. The van der Waals surface area contributed by atoms with Crippen LogP contribution in [-0.4, -0.2) is 76.1 Å². The van der Waals surface area contributed by atoms with Crippen molar-refractivity contribution in [3.8, 4) is 11.4 Å². The smallest absolute Gasteiger partial charge is 0.201 e. The highest BCUT2D eigenvalue weighted by Crippen LogP contribution is 2.35. The normalized spacial score (nSPS) is 18.6. The van der Waals surface area contributed by atoms with Crippen LogP contribution in [0.4, 0.5) is 5.82 Å². The van der Waals surface area contributed by atoms with Crippen LogP contribution in [0.5, 0.6) is 0 Å². The van der Waals surface area contributed by atoms with Gasteiger partial charge in [0, 0.05) is 42.5 Å². The van der Waals surface area contributed by atoms with Gasteiger partial charge in [-0.3, -0.25) is 15.1 Å². The largest absolute Gasteiger partial charge is 0.392 e. The molecular weight excluding hydrogens is 440 g/mol. The molecule has 2 aromatic heterocycles. The lowest BCUT2D eigenvalue weighted by Crippen LogP contribution is -2.41. The topological polar surface area (TPSA) is 97.5 Å². The van der Waals surface area contributed by atoms with Gasteiger partial charge < -0.3 is 14.7 Å². The van der Waals surface area contributed by atoms with Gasteiger partial charge >= 0.3 is 0 Å². The third-order valence-electron chi connectivity index (χ3n) is 5.69. The number of morpholine rings is 1. The number of hydrogen-bond acceptors (Lipinski definition) is 10. The Kier molecular flexibility index (Phi) is 6.34. The molecule has 2 aliphatic heterocycles. The predicted molar refractivity (Wildman–Crippen MR) is 128 cm³/mol. The molecule has 10 heteroatoms. The molecule has 2 N–H and O–H groups in total. The molecule has 5 rings (SSSR count). The van der Waals surface area contributed by atoms with E-state index in [-0.39, 0.29) is 6.61 Å². The first kappa shape index (κ1) is 21.9. The minimum Gasteiger partial charge on any atom is -0.392 e. The first-order valence-corrected chi connectivity index (χ1v) is 11.6. The second kappa shape index (κ2) is 9.54. The summed E-state index contributed by atoms with van der Waals surface area (Å²) in [4.78, 5) is 19.5. The molecule has 3 aromatic rings. The van der Waals surface area contributed by atoms with Gasteiger partial charge in [-0.1, -0.05) is 24.3 Å². The number of fused-ring (bicyclic) bond motifs is 1. The summed E-state index contributed by atoms with van der Waals surface area (Å²) in [6.45, 7) is 3.53. The quantitative estimate of drug-likeness (QED) is 0.572. The molecule has 1 unspecified atom stereocenters. The van der Waals surface area contributed by atoms with Crippen LogP contribution < -0.4 is 4.90 Å². The summed E-state index contributed by atoms with van der Waals surface area (Å²) in [5, 5.41) is 20.6. The van der Waals surface area contributed by atoms with E-state index in [1.807, 2.05) is 36.2 Å². The molecule has 33 heavy (non-hydrogen) atoms. The molecule has 172 valence electrons. The minimum absolute atomic E-state index is 0.00665. The van der Waals surface area contributed by atoms with E-state index in [1.54, 1.807) is 29.8 Å². The molecule has 4 heterocycles. The molecule has 0 radical (unpaired) electrons. The number of rotatable bonds is 6. The Labute approximate surface area is 195 Å². The Morgan fingerprint density at radius 3 is 2.70 bits per heavy atom. The van der Waals surface area contributed by atoms with Crippen molar-refractivity contribution in [3.63, 3.8) is 0 Å². The monoisotopic (exact) mass is 466 g/mol. The van der Waals surface area contributed by atoms with E-state index in [9.17, 15) is 10.3 Å². The fraction of sp³-hybridized carbons (Fsp3) is 0.348. The zero-order valence-corrected chi connectivity index (χ0v) is 19.1. The Morgan fingerprint density at radius 1 is 1.18 bits per heavy atom. The summed E-state index contributed by atoms with van der Waals surface area (Å²) in [6.07, 6.45) is 4.51. The highest BCUT2D eigenvalue weighted by atomic mass is 32.1. The summed E-state index contributed by atoms with van der Waals surface area (Å²) >= 11 is 1.67. The molecule has 0 aliphatic carbocycles. The molecule has 0 amide bonds. The average Bonchev–Trinajstić information content (AvgIpc) is 3.26. The highest BCUT2D eigenvalue weighted by Gasteiger charge is 2.23. The minimum atomic E-state index is -0.467. The number of aliphatic hydroxyl groups excluding tert-OH is 1. The van der Waals surface area contributed by atoms with Crippen LogP contribution >= 0.6 is 11.3 Å². The molecule has 0 spiro atoms. The van der Waals surface area contributed by atoms with Gasteiger partial charge in [0.2, 0.25) is 6.29 Å². The Hall–Kier alpha value is -2.89. The number of allylic oxidation sites excluding steroid dienone is 1. The fourth-order valence-electron chi connectivity index (χ4n) is 3.96. The molecule has 1 atom stereocenters. The number of ether oxygens (including phenoxy) is 1. The maximum absolute atomic E-state index is 10.1. The van der Waals surface area contributed by atoms with Gasteiger partial charge in [0.15, 0.2) is 11.6 Å².